The molecule has 0 saturated heterocycles. The standard InChI is InChI=1S/C48H32N2S/c1-3-11-33(12-4-1)34-19-24-38(25-20-34)49(39-26-21-35(22-27-39)36-23-29-44-43-16-8-10-18-47(43)51-48(44)31-36)40-28-30-42-41-15-7-9-17-45(41)50(46(42)32-40)37-13-5-2-6-14-37/h1-32H. The van der Waals surface area contributed by atoms with Gasteiger partial charge in [0.1, 0.15) is 0 Å². The number of rotatable bonds is 6. The van der Waals surface area contributed by atoms with Crippen LogP contribution in [0.5, 0.6) is 0 Å². The Balaban J connectivity index is 1.11. The van der Waals surface area contributed by atoms with Crippen molar-refractivity contribution in [3.8, 4) is 27.9 Å². The van der Waals surface area contributed by atoms with Gasteiger partial charge in [-0.15, -0.1) is 11.3 Å². The Hall–Kier alpha value is -6.42. The first-order chi connectivity index (χ1) is 25.3. The van der Waals surface area contributed by atoms with Gasteiger partial charge in [0.25, 0.3) is 0 Å². The van der Waals surface area contributed by atoms with Crippen molar-refractivity contribution in [3.63, 3.8) is 0 Å². The van der Waals surface area contributed by atoms with Gasteiger partial charge in [0.2, 0.25) is 0 Å². The second-order valence-electron chi connectivity index (χ2n) is 13.0. The maximum Gasteiger partial charge on any atom is 0.0561 e. The van der Waals surface area contributed by atoms with Gasteiger partial charge in [0.15, 0.2) is 0 Å². The van der Waals surface area contributed by atoms with E-state index in [0.717, 1.165) is 22.7 Å². The molecule has 0 N–H and O–H groups in total. The van der Waals surface area contributed by atoms with Crippen molar-refractivity contribution < 1.29 is 0 Å². The Morgan fingerprint density at radius 2 is 0.843 bits per heavy atom. The number of thiophene rings is 1. The van der Waals surface area contributed by atoms with Crippen molar-refractivity contribution >= 4 is 70.4 Å². The molecular formula is C48H32N2S. The summed E-state index contributed by atoms with van der Waals surface area (Å²) in [5.41, 5.74) is 11.7. The lowest BCUT2D eigenvalue weighted by Crippen LogP contribution is -2.10. The summed E-state index contributed by atoms with van der Waals surface area (Å²) in [4.78, 5) is 2.38. The van der Waals surface area contributed by atoms with E-state index in [4.69, 9.17) is 0 Å². The number of para-hydroxylation sites is 2. The maximum absolute atomic E-state index is 2.39. The first-order valence-corrected chi connectivity index (χ1v) is 18.2. The number of fused-ring (bicyclic) bond motifs is 6. The summed E-state index contributed by atoms with van der Waals surface area (Å²) in [6.45, 7) is 0. The van der Waals surface area contributed by atoms with Crippen LogP contribution in [0.3, 0.4) is 0 Å². The topological polar surface area (TPSA) is 8.17 Å². The Labute approximate surface area is 300 Å². The van der Waals surface area contributed by atoms with E-state index >= 15 is 0 Å². The molecule has 51 heavy (non-hydrogen) atoms. The van der Waals surface area contributed by atoms with Crippen LogP contribution in [-0.2, 0) is 0 Å². The molecule has 0 aliphatic heterocycles. The van der Waals surface area contributed by atoms with Crippen LogP contribution >= 0.6 is 11.3 Å². The van der Waals surface area contributed by atoms with Crippen molar-refractivity contribution in [2.24, 2.45) is 0 Å². The largest absolute Gasteiger partial charge is 0.310 e. The highest BCUT2D eigenvalue weighted by Crippen LogP contribution is 2.41. The van der Waals surface area contributed by atoms with Gasteiger partial charge in [-0.2, -0.15) is 0 Å². The molecule has 10 aromatic rings. The van der Waals surface area contributed by atoms with Crippen LogP contribution in [0.2, 0.25) is 0 Å². The van der Waals surface area contributed by atoms with E-state index in [1.54, 1.807) is 0 Å². The normalized spacial score (nSPS) is 11.5. The van der Waals surface area contributed by atoms with Gasteiger partial charge in [-0.3, -0.25) is 0 Å². The van der Waals surface area contributed by atoms with Crippen LogP contribution in [0.4, 0.5) is 17.1 Å². The van der Waals surface area contributed by atoms with Crippen LogP contribution in [0.25, 0.3) is 69.9 Å². The molecule has 10 rings (SSSR count). The lowest BCUT2D eigenvalue weighted by molar-refractivity contribution is 1.18. The minimum atomic E-state index is 1.11. The molecule has 0 amide bonds. The van der Waals surface area contributed by atoms with Gasteiger partial charge in [-0.05, 0) is 89.0 Å². The Bertz CT molecular complexity index is 2830. The molecule has 0 atom stereocenters. The van der Waals surface area contributed by atoms with E-state index in [1.165, 1.54) is 64.2 Å². The molecule has 2 aromatic heterocycles. The SMILES string of the molecule is c1ccc(-c2ccc(N(c3ccc(-c4ccc5c(c4)sc4ccccc45)cc3)c3ccc4c5ccccc5n(-c5ccccc5)c4c3)cc2)cc1. The molecule has 0 aliphatic rings. The number of benzene rings is 8. The van der Waals surface area contributed by atoms with Crippen LogP contribution in [0.1, 0.15) is 0 Å². The molecule has 240 valence electrons. The second-order valence-corrected chi connectivity index (χ2v) is 14.1. The smallest absolute Gasteiger partial charge is 0.0561 e. The molecule has 3 heteroatoms. The van der Waals surface area contributed by atoms with Gasteiger partial charge >= 0.3 is 0 Å². The summed E-state index contributed by atoms with van der Waals surface area (Å²) in [5.74, 6) is 0. The van der Waals surface area contributed by atoms with E-state index in [2.05, 4.69) is 204 Å². The zero-order valence-electron chi connectivity index (χ0n) is 27.8. The van der Waals surface area contributed by atoms with Crippen LogP contribution in [0.15, 0.2) is 194 Å². The van der Waals surface area contributed by atoms with Gasteiger partial charge in [-0.25, -0.2) is 0 Å². The number of anilines is 3. The van der Waals surface area contributed by atoms with E-state index in [9.17, 15) is 0 Å². The fraction of sp³-hybridized carbons (Fsp3) is 0. The number of hydrogen-bond donors (Lipinski definition) is 0. The van der Waals surface area contributed by atoms with Crippen molar-refractivity contribution in [2.75, 3.05) is 4.90 Å². The predicted molar refractivity (Wildman–Crippen MR) is 219 cm³/mol. The lowest BCUT2D eigenvalue weighted by atomic mass is 10.0. The fourth-order valence-corrected chi connectivity index (χ4v) is 8.69. The number of hydrogen-bond acceptors (Lipinski definition) is 2. The third kappa shape index (κ3) is 5.10. The highest BCUT2D eigenvalue weighted by atomic mass is 32.1. The Morgan fingerprint density at radius 3 is 1.59 bits per heavy atom. The zero-order chi connectivity index (χ0) is 33.7. The minimum Gasteiger partial charge on any atom is -0.310 e. The van der Waals surface area contributed by atoms with Crippen LogP contribution in [-0.4, -0.2) is 4.57 Å². The number of aromatic nitrogens is 1. The summed E-state index contributed by atoms with van der Waals surface area (Å²) in [6.07, 6.45) is 0. The molecule has 2 heterocycles. The molecule has 0 spiro atoms. The summed E-state index contributed by atoms with van der Waals surface area (Å²) in [5, 5.41) is 5.15. The quantitative estimate of drug-likeness (QED) is 0.171. The molecule has 0 radical (unpaired) electrons. The van der Waals surface area contributed by atoms with Crippen molar-refractivity contribution in [1.29, 1.82) is 0 Å². The molecule has 2 nitrogen and oxygen atoms in total. The molecule has 8 aromatic carbocycles. The molecule has 0 aliphatic carbocycles. The van der Waals surface area contributed by atoms with Gasteiger partial charge in [-0.1, -0.05) is 127 Å². The van der Waals surface area contributed by atoms with Crippen LogP contribution < -0.4 is 4.90 Å². The Kier molecular flexibility index (Phi) is 7.04. The van der Waals surface area contributed by atoms with Crippen molar-refractivity contribution in [3.05, 3.63) is 194 Å². The van der Waals surface area contributed by atoms with E-state index in [-0.39, 0.29) is 0 Å². The maximum atomic E-state index is 2.39. The summed E-state index contributed by atoms with van der Waals surface area (Å²) in [7, 11) is 0. The number of nitrogens with zero attached hydrogens (tertiary/aromatic N) is 2. The lowest BCUT2D eigenvalue weighted by Gasteiger charge is -2.26. The molecule has 0 fully saturated rings. The Morgan fingerprint density at radius 1 is 0.333 bits per heavy atom. The van der Waals surface area contributed by atoms with Gasteiger partial charge < -0.3 is 9.47 Å². The average molecular weight is 669 g/mol. The predicted octanol–water partition coefficient (Wildman–Crippen LogP) is 14.0. The second kappa shape index (κ2) is 12.2. The minimum absolute atomic E-state index is 1.11. The van der Waals surface area contributed by atoms with E-state index in [1.807, 2.05) is 11.3 Å². The molecule has 0 unspecified atom stereocenters. The van der Waals surface area contributed by atoms with Gasteiger partial charge in [0.05, 0.1) is 11.0 Å². The third-order valence-corrected chi connectivity index (χ3v) is 11.1. The molecule has 0 bridgehead atoms. The van der Waals surface area contributed by atoms with Crippen molar-refractivity contribution in [1.82, 2.24) is 4.57 Å². The van der Waals surface area contributed by atoms with Gasteiger partial charge in [0, 0.05) is 53.7 Å². The molecular weight excluding hydrogens is 637 g/mol. The van der Waals surface area contributed by atoms with E-state index < -0.39 is 0 Å². The highest BCUT2D eigenvalue weighted by molar-refractivity contribution is 7.25. The van der Waals surface area contributed by atoms with Crippen molar-refractivity contribution in [2.45, 2.75) is 0 Å². The summed E-state index contributed by atoms with van der Waals surface area (Å²) in [6, 6.07) is 70.4. The zero-order valence-corrected chi connectivity index (χ0v) is 28.6. The fourth-order valence-electron chi connectivity index (χ4n) is 7.54. The average Bonchev–Trinajstić information content (AvgIpc) is 3.74. The molecule has 0 saturated carbocycles. The summed E-state index contributed by atoms with van der Waals surface area (Å²) >= 11 is 1.86. The first-order valence-electron chi connectivity index (χ1n) is 17.3. The van der Waals surface area contributed by atoms with E-state index in [0.29, 0.717) is 0 Å². The summed E-state index contributed by atoms with van der Waals surface area (Å²) < 4.78 is 5.04. The highest BCUT2D eigenvalue weighted by Gasteiger charge is 2.18. The monoisotopic (exact) mass is 668 g/mol. The first kappa shape index (κ1) is 29.5. The van der Waals surface area contributed by atoms with Crippen LogP contribution in [0, 0.1) is 0 Å². The third-order valence-electron chi connectivity index (χ3n) is 10.0.